The number of amides is 1. The molecule has 0 radical (unpaired) electrons. The van der Waals surface area contributed by atoms with Gasteiger partial charge in [0.1, 0.15) is 10.7 Å². The van der Waals surface area contributed by atoms with Gasteiger partial charge in [-0.25, -0.2) is 18.1 Å². The second-order valence-corrected chi connectivity index (χ2v) is 6.21. The molecule has 8 heteroatoms. The SMILES string of the molecule is CNc1ncccc1S(=O)(=O)NCCC(=O)NC(C)C. The minimum absolute atomic E-state index is 0.0355. The Bertz CT molecular complexity index is 558. The van der Waals surface area contributed by atoms with E-state index in [4.69, 9.17) is 0 Å². The Hall–Kier alpha value is -1.67. The number of rotatable bonds is 7. The molecule has 1 aromatic heterocycles. The van der Waals surface area contributed by atoms with E-state index in [0.29, 0.717) is 0 Å². The number of nitrogens with one attached hydrogen (secondary N) is 3. The van der Waals surface area contributed by atoms with Gasteiger partial charge in [-0.1, -0.05) is 0 Å². The number of sulfonamides is 1. The second-order valence-electron chi connectivity index (χ2n) is 4.47. The molecule has 0 spiro atoms. The van der Waals surface area contributed by atoms with Crippen molar-refractivity contribution < 1.29 is 13.2 Å². The molecule has 0 saturated heterocycles. The number of carbonyl (C=O) groups is 1. The third-order valence-electron chi connectivity index (χ3n) is 2.39. The molecule has 0 fully saturated rings. The first-order valence-corrected chi connectivity index (χ1v) is 7.77. The molecular formula is C12H20N4O3S. The number of aromatic nitrogens is 1. The number of anilines is 1. The van der Waals surface area contributed by atoms with Gasteiger partial charge in [-0.15, -0.1) is 0 Å². The van der Waals surface area contributed by atoms with Gasteiger partial charge in [-0.2, -0.15) is 0 Å². The van der Waals surface area contributed by atoms with E-state index in [2.05, 4.69) is 20.3 Å². The van der Waals surface area contributed by atoms with Crippen molar-refractivity contribution in [1.82, 2.24) is 15.0 Å². The Labute approximate surface area is 119 Å². The van der Waals surface area contributed by atoms with Gasteiger partial charge in [0.15, 0.2) is 0 Å². The topological polar surface area (TPSA) is 100 Å². The third kappa shape index (κ3) is 4.78. The number of carbonyl (C=O) groups excluding carboxylic acids is 1. The molecule has 112 valence electrons. The van der Waals surface area contributed by atoms with Crippen LogP contribution >= 0.6 is 0 Å². The zero-order valence-corrected chi connectivity index (χ0v) is 12.6. The Balaban J connectivity index is 2.65. The zero-order chi connectivity index (χ0) is 15.2. The number of pyridine rings is 1. The largest absolute Gasteiger partial charge is 0.372 e. The van der Waals surface area contributed by atoms with Crippen molar-refractivity contribution in [3.05, 3.63) is 18.3 Å². The van der Waals surface area contributed by atoms with Crippen molar-refractivity contribution in [1.29, 1.82) is 0 Å². The summed E-state index contributed by atoms with van der Waals surface area (Å²) < 4.78 is 26.6. The number of hydrogen-bond acceptors (Lipinski definition) is 5. The maximum absolute atomic E-state index is 12.1. The van der Waals surface area contributed by atoms with Crippen molar-refractivity contribution in [3.8, 4) is 0 Å². The lowest BCUT2D eigenvalue weighted by Crippen LogP contribution is -2.34. The van der Waals surface area contributed by atoms with Gasteiger partial charge in [0.2, 0.25) is 15.9 Å². The Kier molecular flexibility index (Phi) is 5.90. The highest BCUT2D eigenvalue weighted by atomic mass is 32.2. The van der Waals surface area contributed by atoms with Crippen LogP contribution in [-0.2, 0) is 14.8 Å². The van der Waals surface area contributed by atoms with Crippen molar-refractivity contribution >= 4 is 21.7 Å². The third-order valence-corrected chi connectivity index (χ3v) is 3.88. The van der Waals surface area contributed by atoms with Gasteiger partial charge in [0.05, 0.1) is 0 Å². The fraction of sp³-hybridized carbons (Fsp3) is 0.500. The summed E-state index contributed by atoms with van der Waals surface area (Å²) in [5, 5.41) is 5.41. The summed E-state index contributed by atoms with van der Waals surface area (Å²) in [4.78, 5) is 15.4. The average molecular weight is 300 g/mol. The van der Waals surface area contributed by atoms with Gasteiger partial charge in [0.25, 0.3) is 0 Å². The highest BCUT2D eigenvalue weighted by molar-refractivity contribution is 7.89. The maximum atomic E-state index is 12.1. The molecule has 0 aliphatic rings. The van der Waals surface area contributed by atoms with Crippen molar-refractivity contribution in [2.75, 3.05) is 18.9 Å². The molecule has 7 nitrogen and oxygen atoms in total. The van der Waals surface area contributed by atoms with Gasteiger partial charge in [-0.05, 0) is 26.0 Å². The molecular weight excluding hydrogens is 280 g/mol. The predicted octanol–water partition coefficient (Wildman–Crippen LogP) is 0.316. The Morgan fingerprint density at radius 2 is 2.10 bits per heavy atom. The van der Waals surface area contributed by atoms with Crippen LogP contribution in [0.4, 0.5) is 5.82 Å². The molecule has 1 amide bonds. The van der Waals surface area contributed by atoms with E-state index in [1.54, 1.807) is 13.1 Å². The summed E-state index contributed by atoms with van der Waals surface area (Å²) in [6.45, 7) is 3.73. The monoisotopic (exact) mass is 300 g/mol. The average Bonchev–Trinajstić information content (AvgIpc) is 2.37. The summed E-state index contributed by atoms with van der Waals surface area (Å²) in [7, 11) is -2.09. The fourth-order valence-electron chi connectivity index (χ4n) is 1.57. The lowest BCUT2D eigenvalue weighted by Gasteiger charge is -2.11. The molecule has 0 aliphatic carbocycles. The Morgan fingerprint density at radius 1 is 1.40 bits per heavy atom. The first-order valence-electron chi connectivity index (χ1n) is 6.28. The molecule has 0 aromatic carbocycles. The van der Waals surface area contributed by atoms with E-state index in [0.717, 1.165) is 0 Å². The summed E-state index contributed by atoms with van der Waals surface area (Å²) in [5.41, 5.74) is 0. The Morgan fingerprint density at radius 3 is 2.70 bits per heavy atom. The van der Waals surface area contributed by atoms with Crippen molar-refractivity contribution in [2.45, 2.75) is 31.2 Å². The summed E-state index contributed by atoms with van der Waals surface area (Å²) >= 11 is 0. The van der Waals surface area contributed by atoms with Gasteiger partial charge >= 0.3 is 0 Å². The molecule has 20 heavy (non-hydrogen) atoms. The van der Waals surface area contributed by atoms with E-state index >= 15 is 0 Å². The van der Waals surface area contributed by atoms with Crippen LogP contribution in [0.5, 0.6) is 0 Å². The normalized spacial score (nSPS) is 11.4. The van der Waals surface area contributed by atoms with Crippen LogP contribution in [0.25, 0.3) is 0 Å². The highest BCUT2D eigenvalue weighted by Gasteiger charge is 2.18. The molecule has 0 saturated carbocycles. The van der Waals surface area contributed by atoms with Crippen molar-refractivity contribution in [3.63, 3.8) is 0 Å². The van der Waals surface area contributed by atoms with Crippen LogP contribution in [0.2, 0.25) is 0 Å². The summed E-state index contributed by atoms with van der Waals surface area (Å²) in [6, 6.07) is 3.03. The van der Waals surface area contributed by atoms with E-state index in [-0.39, 0.29) is 35.6 Å². The molecule has 1 rings (SSSR count). The van der Waals surface area contributed by atoms with Crippen LogP contribution in [0, 0.1) is 0 Å². The minimum atomic E-state index is -3.68. The maximum Gasteiger partial charge on any atom is 0.244 e. The first-order chi connectivity index (χ1) is 9.36. The van der Waals surface area contributed by atoms with Crippen LogP contribution in [0.1, 0.15) is 20.3 Å². The van der Waals surface area contributed by atoms with E-state index < -0.39 is 10.0 Å². The summed E-state index contributed by atoms with van der Waals surface area (Å²) in [6.07, 6.45) is 1.59. The smallest absolute Gasteiger partial charge is 0.244 e. The van der Waals surface area contributed by atoms with Crippen LogP contribution in [-0.4, -0.2) is 38.9 Å². The highest BCUT2D eigenvalue weighted by Crippen LogP contribution is 2.16. The zero-order valence-electron chi connectivity index (χ0n) is 11.8. The van der Waals surface area contributed by atoms with Crippen LogP contribution in [0.15, 0.2) is 23.2 Å². The first kappa shape index (κ1) is 16.4. The molecule has 0 unspecified atom stereocenters. The molecule has 3 N–H and O–H groups in total. The minimum Gasteiger partial charge on any atom is -0.372 e. The van der Waals surface area contributed by atoms with Crippen LogP contribution in [0.3, 0.4) is 0 Å². The van der Waals surface area contributed by atoms with Crippen LogP contribution < -0.4 is 15.4 Å². The second kappa shape index (κ2) is 7.20. The summed E-state index contributed by atoms with van der Waals surface area (Å²) in [5.74, 6) is 0.0781. The van der Waals surface area contributed by atoms with Gasteiger partial charge in [0, 0.05) is 32.3 Å². The lowest BCUT2D eigenvalue weighted by atomic mass is 10.3. The predicted molar refractivity (Wildman–Crippen MR) is 76.9 cm³/mol. The van der Waals surface area contributed by atoms with Gasteiger partial charge < -0.3 is 10.6 Å². The van der Waals surface area contributed by atoms with Crippen molar-refractivity contribution in [2.24, 2.45) is 0 Å². The van der Waals surface area contributed by atoms with E-state index in [1.807, 2.05) is 13.8 Å². The molecule has 0 aliphatic heterocycles. The molecule has 0 atom stereocenters. The quantitative estimate of drug-likeness (QED) is 0.673. The number of hydrogen-bond donors (Lipinski definition) is 3. The molecule has 1 aromatic rings. The lowest BCUT2D eigenvalue weighted by molar-refractivity contribution is -0.121. The van der Waals surface area contributed by atoms with Gasteiger partial charge in [-0.3, -0.25) is 4.79 Å². The standard InChI is InChI=1S/C12H20N4O3S/c1-9(2)16-11(17)6-8-15-20(18,19)10-5-4-7-14-12(10)13-3/h4-5,7,9,15H,6,8H2,1-3H3,(H,13,14)(H,16,17). The van der Waals surface area contributed by atoms with E-state index in [9.17, 15) is 13.2 Å². The molecule has 1 heterocycles. The fourth-order valence-corrected chi connectivity index (χ4v) is 2.76. The number of nitrogens with zero attached hydrogens (tertiary/aromatic N) is 1. The molecule has 0 bridgehead atoms. The van der Waals surface area contributed by atoms with E-state index in [1.165, 1.54) is 12.3 Å².